The Labute approximate surface area is 118 Å². The van der Waals surface area contributed by atoms with E-state index in [0.717, 1.165) is 31.2 Å². The highest BCUT2D eigenvalue weighted by Gasteiger charge is 2.44. The fraction of sp³-hybridized carbons (Fsp3) is 0.562. The molecule has 0 aliphatic heterocycles. The average Bonchev–Trinajstić information content (AvgIpc) is 3.14. The first-order valence-corrected chi connectivity index (χ1v) is 7.36. The molecule has 0 radical (unpaired) electrons. The number of carbonyl (C=O) groups is 1. The van der Waals surface area contributed by atoms with Crippen molar-refractivity contribution in [1.29, 1.82) is 0 Å². The van der Waals surface area contributed by atoms with E-state index >= 15 is 0 Å². The van der Waals surface area contributed by atoms with Crippen LogP contribution >= 0.6 is 0 Å². The van der Waals surface area contributed by atoms with Gasteiger partial charge in [0.05, 0.1) is 6.10 Å². The van der Waals surface area contributed by atoms with E-state index in [0.29, 0.717) is 6.54 Å². The first-order chi connectivity index (χ1) is 9.65. The van der Waals surface area contributed by atoms with Crippen LogP contribution in [0.1, 0.15) is 37.2 Å². The van der Waals surface area contributed by atoms with Crippen LogP contribution < -0.4 is 5.32 Å². The molecule has 2 fully saturated rings. The zero-order valence-electron chi connectivity index (χ0n) is 11.4. The van der Waals surface area contributed by atoms with Crippen molar-refractivity contribution in [3.05, 3.63) is 35.6 Å². The molecule has 2 aliphatic carbocycles. The van der Waals surface area contributed by atoms with Crippen LogP contribution in [-0.4, -0.2) is 23.7 Å². The summed E-state index contributed by atoms with van der Waals surface area (Å²) < 4.78 is 12.9. The molecule has 0 aromatic heterocycles. The molecule has 1 amide bonds. The Kier molecular flexibility index (Phi) is 3.74. The van der Waals surface area contributed by atoms with Crippen molar-refractivity contribution in [2.75, 3.05) is 6.54 Å². The quantitative estimate of drug-likeness (QED) is 0.886. The highest BCUT2D eigenvalue weighted by atomic mass is 19.1. The summed E-state index contributed by atoms with van der Waals surface area (Å²) >= 11 is 0. The molecule has 2 saturated carbocycles. The molecule has 0 spiro atoms. The number of aliphatic hydroxyl groups excluding tert-OH is 1. The van der Waals surface area contributed by atoms with E-state index < -0.39 is 0 Å². The highest BCUT2D eigenvalue weighted by molar-refractivity contribution is 5.82. The molecular weight excluding hydrogens is 257 g/mol. The molecule has 0 saturated heterocycles. The first-order valence-electron chi connectivity index (χ1n) is 7.36. The van der Waals surface area contributed by atoms with E-state index in [-0.39, 0.29) is 35.6 Å². The van der Waals surface area contributed by atoms with Gasteiger partial charge in [0.1, 0.15) is 5.82 Å². The van der Waals surface area contributed by atoms with Crippen LogP contribution in [0.4, 0.5) is 4.39 Å². The number of nitrogens with one attached hydrogen (secondary N) is 1. The number of hydrogen-bond donors (Lipinski definition) is 2. The predicted octanol–water partition coefficient (Wildman–Crippen LogP) is 2.21. The Balaban J connectivity index is 1.49. The lowest BCUT2D eigenvalue weighted by Gasteiger charge is -2.15. The number of carbonyl (C=O) groups excluding carboxylic acids is 1. The second-order valence-electron chi connectivity index (χ2n) is 6.00. The topological polar surface area (TPSA) is 49.3 Å². The van der Waals surface area contributed by atoms with Gasteiger partial charge in [0.15, 0.2) is 0 Å². The second-order valence-corrected chi connectivity index (χ2v) is 6.00. The molecular formula is C16H20FNO2. The minimum absolute atomic E-state index is 0.0130. The van der Waals surface area contributed by atoms with Gasteiger partial charge in [-0.2, -0.15) is 0 Å². The van der Waals surface area contributed by atoms with Gasteiger partial charge in [-0.15, -0.1) is 0 Å². The van der Waals surface area contributed by atoms with E-state index in [4.69, 9.17) is 0 Å². The predicted molar refractivity (Wildman–Crippen MR) is 73.6 cm³/mol. The van der Waals surface area contributed by atoms with Crippen LogP contribution in [0.2, 0.25) is 0 Å². The first kappa shape index (κ1) is 13.6. The smallest absolute Gasteiger partial charge is 0.223 e. The zero-order chi connectivity index (χ0) is 14.1. The van der Waals surface area contributed by atoms with Gasteiger partial charge in [-0.05, 0) is 42.9 Å². The normalized spacial score (nSPS) is 32.1. The molecule has 1 aromatic rings. The minimum Gasteiger partial charge on any atom is -0.393 e. The summed E-state index contributed by atoms with van der Waals surface area (Å²) in [4.78, 5) is 12.1. The van der Waals surface area contributed by atoms with Crippen LogP contribution in [0.25, 0.3) is 0 Å². The maximum atomic E-state index is 12.9. The van der Waals surface area contributed by atoms with Crippen molar-refractivity contribution in [2.45, 2.75) is 37.7 Å². The van der Waals surface area contributed by atoms with E-state index in [1.807, 2.05) is 0 Å². The monoisotopic (exact) mass is 277 g/mol. The van der Waals surface area contributed by atoms with Crippen LogP contribution in [-0.2, 0) is 4.79 Å². The third-order valence-electron chi connectivity index (χ3n) is 4.58. The van der Waals surface area contributed by atoms with Crippen molar-refractivity contribution in [2.24, 2.45) is 11.8 Å². The molecule has 3 rings (SSSR count). The lowest BCUT2D eigenvalue weighted by molar-refractivity contribution is -0.122. The fourth-order valence-electron chi connectivity index (χ4n) is 3.18. The molecule has 3 nitrogen and oxygen atoms in total. The molecule has 0 unspecified atom stereocenters. The SMILES string of the molecule is O=C(NC[C@@H]1CCC[C@@H]1O)[C@@H]1C[C@H]1c1ccc(F)cc1. The summed E-state index contributed by atoms with van der Waals surface area (Å²) in [6.45, 7) is 0.576. The van der Waals surface area contributed by atoms with Crippen LogP contribution in [0.3, 0.4) is 0 Å². The standard InChI is InChI=1S/C16H20FNO2/c17-12-6-4-10(5-7-12)13-8-14(13)16(20)18-9-11-2-1-3-15(11)19/h4-7,11,13-15,19H,1-3,8-9H2,(H,18,20)/t11-,13-,14+,15-/m0/s1. The molecule has 4 heteroatoms. The molecule has 0 heterocycles. The number of halogens is 1. The second kappa shape index (κ2) is 5.52. The molecule has 2 aliphatic rings. The molecule has 4 atom stereocenters. The summed E-state index contributed by atoms with van der Waals surface area (Å²) in [5.41, 5.74) is 1.03. The zero-order valence-corrected chi connectivity index (χ0v) is 11.4. The number of aliphatic hydroxyl groups is 1. The van der Waals surface area contributed by atoms with Gasteiger partial charge in [0.2, 0.25) is 5.91 Å². The Morgan fingerprint density at radius 3 is 2.70 bits per heavy atom. The van der Waals surface area contributed by atoms with Gasteiger partial charge in [0.25, 0.3) is 0 Å². The molecule has 0 bridgehead atoms. The van der Waals surface area contributed by atoms with Gasteiger partial charge >= 0.3 is 0 Å². The van der Waals surface area contributed by atoms with Gasteiger partial charge in [-0.25, -0.2) is 4.39 Å². The van der Waals surface area contributed by atoms with Gasteiger partial charge < -0.3 is 10.4 Å². The van der Waals surface area contributed by atoms with Gasteiger partial charge in [-0.1, -0.05) is 18.6 Å². The van der Waals surface area contributed by atoms with Gasteiger partial charge in [-0.3, -0.25) is 4.79 Å². The fourth-order valence-corrected chi connectivity index (χ4v) is 3.18. The lowest BCUT2D eigenvalue weighted by Crippen LogP contribution is -2.33. The van der Waals surface area contributed by atoms with E-state index in [2.05, 4.69) is 5.32 Å². The minimum atomic E-state index is -0.262. The summed E-state index contributed by atoms with van der Waals surface area (Å²) in [7, 11) is 0. The summed E-state index contributed by atoms with van der Waals surface area (Å²) in [6, 6.07) is 6.40. The molecule has 1 aromatic carbocycles. The van der Waals surface area contributed by atoms with Crippen molar-refractivity contribution in [3.63, 3.8) is 0 Å². The molecule has 2 N–H and O–H groups in total. The molecule has 20 heavy (non-hydrogen) atoms. The summed E-state index contributed by atoms with van der Waals surface area (Å²) in [5.74, 6) is 0.272. The largest absolute Gasteiger partial charge is 0.393 e. The van der Waals surface area contributed by atoms with Gasteiger partial charge in [0, 0.05) is 18.4 Å². The van der Waals surface area contributed by atoms with Crippen molar-refractivity contribution >= 4 is 5.91 Å². The summed E-state index contributed by atoms with van der Waals surface area (Å²) in [6.07, 6.45) is 3.46. The number of amides is 1. The van der Waals surface area contributed by atoms with Crippen LogP contribution in [0, 0.1) is 17.7 Å². The van der Waals surface area contributed by atoms with E-state index in [9.17, 15) is 14.3 Å². The van der Waals surface area contributed by atoms with E-state index in [1.54, 1.807) is 12.1 Å². The Bertz CT molecular complexity index is 488. The third kappa shape index (κ3) is 2.85. The van der Waals surface area contributed by atoms with Crippen LogP contribution in [0.5, 0.6) is 0 Å². The lowest BCUT2D eigenvalue weighted by atomic mass is 10.1. The summed E-state index contributed by atoms with van der Waals surface area (Å²) in [5, 5.41) is 12.7. The maximum absolute atomic E-state index is 12.9. The Hall–Kier alpha value is -1.42. The van der Waals surface area contributed by atoms with Crippen molar-refractivity contribution in [1.82, 2.24) is 5.32 Å². The van der Waals surface area contributed by atoms with E-state index in [1.165, 1.54) is 12.1 Å². The number of benzene rings is 1. The molecule has 108 valence electrons. The number of rotatable bonds is 4. The highest BCUT2D eigenvalue weighted by Crippen LogP contribution is 2.47. The number of hydrogen-bond acceptors (Lipinski definition) is 2. The third-order valence-corrected chi connectivity index (χ3v) is 4.58. The maximum Gasteiger partial charge on any atom is 0.223 e. The average molecular weight is 277 g/mol. The van der Waals surface area contributed by atoms with Crippen molar-refractivity contribution < 1.29 is 14.3 Å². The Morgan fingerprint density at radius 1 is 1.30 bits per heavy atom. The Morgan fingerprint density at radius 2 is 2.05 bits per heavy atom. The van der Waals surface area contributed by atoms with Crippen molar-refractivity contribution in [3.8, 4) is 0 Å². The van der Waals surface area contributed by atoms with Crippen LogP contribution in [0.15, 0.2) is 24.3 Å².